The molecule has 4 heterocycles. The van der Waals surface area contributed by atoms with Crippen LogP contribution in [0.3, 0.4) is 0 Å². The Morgan fingerprint density at radius 1 is 1.19 bits per heavy atom. The highest BCUT2D eigenvalue weighted by Crippen LogP contribution is 2.36. The first-order valence-corrected chi connectivity index (χ1v) is 11.5. The number of thiophene rings is 1. The molecule has 4 aromatic rings. The molecule has 31 heavy (non-hydrogen) atoms. The normalized spacial score (nSPS) is 13.8. The number of hydrogen-bond acceptors (Lipinski definition) is 7. The first-order chi connectivity index (χ1) is 15.1. The summed E-state index contributed by atoms with van der Waals surface area (Å²) in [4.78, 5) is 33.4. The molecule has 1 amide bonds. The van der Waals surface area contributed by atoms with Gasteiger partial charge in [-0.1, -0.05) is 23.5 Å². The molecule has 1 aromatic carbocycles. The Hall–Kier alpha value is -3.11. The van der Waals surface area contributed by atoms with Crippen LogP contribution in [0.25, 0.3) is 20.8 Å². The van der Waals surface area contributed by atoms with Crippen molar-refractivity contribution in [3.8, 4) is 10.6 Å². The molecule has 0 unspecified atom stereocenters. The van der Waals surface area contributed by atoms with Crippen molar-refractivity contribution in [3.63, 3.8) is 0 Å². The first kappa shape index (κ1) is 19.8. The largest absolute Gasteiger partial charge is 0.348 e. The van der Waals surface area contributed by atoms with Gasteiger partial charge in [-0.05, 0) is 42.5 Å². The lowest BCUT2D eigenvalue weighted by Gasteiger charge is -2.11. The number of halogens is 1. The van der Waals surface area contributed by atoms with Gasteiger partial charge in [0.2, 0.25) is 5.91 Å². The summed E-state index contributed by atoms with van der Waals surface area (Å²) < 4.78 is 15.3. The Bertz CT molecular complexity index is 1310. The molecule has 158 valence electrons. The van der Waals surface area contributed by atoms with Crippen molar-refractivity contribution in [1.82, 2.24) is 14.8 Å². The average molecular weight is 456 g/mol. The van der Waals surface area contributed by atoms with E-state index in [2.05, 4.69) is 20.3 Å². The average Bonchev–Trinajstić information content (AvgIpc) is 3.51. The maximum Gasteiger partial charge on any atom is 0.294 e. The van der Waals surface area contributed by atoms with Crippen LogP contribution in [0.5, 0.6) is 0 Å². The molecule has 1 aliphatic heterocycles. The maximum absolute atomic E-state index is 13.4. The minimum atomic E-state index is -0.466. The van der Waals surface area contributed by atoms with Gasteiger partial charge in [0.25, 0.3) is 5.56 Å². The van der Waals surface area contributed by atoms with Gasteiger partial charge in [0.1, 0.15) is 18.1 Å². The summed E-state index contributed by atoms with van der Waals surface area (Å²) in [5.74, 6) is -0.918. The molecule has 0 atom stereocenters. The van der Waals surface area contributed by atoms with E-state index in [0.717, 1.165) is 45.3 Å². The van der Waals surface area contributed by atoms with Crippen molar-refractivity contribution in [2.24, 2.45) is 0 Å². The van der Waals surface area contributed by atoms with E-state index in [9.17, 15) is 14.0 Å². The number of aromatic nitrogens is 3. The van der Waals surface area contributed by atoms with E-state index in [1.807, 2.05) is 17.5 Å². The van der Waals surface area contributed by atoms with Gasteiger partial charge >= 0.3 is 0 Å². The molecule has 10 heteroatoms. The van der Waals surface area contributed by atoms with E-state index in [4.69, 9.17) is 0 Å². The van der Waals surface area contributed by atoms with Crippen LogP contribution >= 0.6 is 22.7 Å². The minimum Gasteiger partial charge on any atom is -0.348 e. The van der Waals surface area contributed by atoms with Crippen molar-refractivity contribution in [2.75, 3.05) is 23.3 Å². The van der Waals surface area contributed by atoms with E-state index in [0.29, 0.717) is 16.9 Å². The lowest BCUT2D eigenvalue weighted by molar-refractivity contribution is -0.117. The number of carbonyl (C=O) groups is 1. The molecular weight excluding hydrogens is 437 g/mol. The van der Waals surface area contributed by atoms with Crippen molar-refractivity contribution >= 4 is 49.6 Å². The number of anilines is 2. The van der Waals surface area contributed by atoms with Crippen LogP contribution in [0.4, 0.5) is 15.2 Å². The fraction of sp³-hybridized carbons (Fsp3) is 0.238. The predicted octanol–water partition coefficient (Wildman–Crippen LogP) is 3.96. The number of carbonyl (C=O) groups excluding carboxylic acids is 1. The fourth-order valence-electron chi connectivity index (χ4n) is 3.58. The molecule has 1 N–H and O–H groups in total. The van der Waals surface area contributed by atoms with Crippen LogP contribution in [0, 0.1) is 5.82 Å². The molecule has 0 aliphatic carbocycles. The number of nitrogens with one attached hydrogen (secondary N) is 1. The molecule has 5 rings (SSSR count). The van der Waals surface area contributed by atoms with Crippen LogP contribution in [-0.2, 0) is 11.3 Å². The number of thiazole rings is 1. The van der Waals surface area contributed by atoms with Crippen LogP contribution in [-0.4, -0.2) is 33.8 Å². The molecule has 1 saturated heterocycles. The zero-order chi connectivity index (χ0) is 21.4. The van der Waals surface area contributed by atoms with Crippen LogP contribution < -0.4 is 15.8 Å². The zero-order valence-corrected chi connectivity index (χ0v) is 18.0. The van der Waals surface area contributed by atoms with Crippen molar-refractivity contribution in [1.29, 1.82) is 0 Å². The summed E-state index contributed by atoms with van der Waals surface area (Å²) in [5.41, 5.74) is 0.879. The third-order valence-electron chi connectivity index (χ3n) is 5.02. The Morgan fingerprint density at radius 2 is 2.03 bits per heavy atom. The molecule has 0 radical (unpaired) electrons. The van der Waals surface area contributed by atoms with Gasteiger partial charge in [-0.2, -0.15) is 5.10 Å². The van der Waals surface area contributed by atoms with Crippen molar-refractivity contribution in [3.05, 3.63) is 57.9 Å². The summed E-state index contributed by atoms with van der Waals surface area (Å²) in [6.07, 6.45) is 2.22. The zero-order valence-electron chi connectivity index (χ0n) is 16.4. The Kier molecular flexibility index (Phi) is 5.24. The SMILES string of the molecule is O=C(Cn1nc(-c2cccs2)c2sc(N3CCCC3)nc2c1=O)Nc1cccc(F)c1. The molecule has 0 bridgehead atoms. The number of benzene rings is 1. The van der Waals surface area contributed by atoms with E-state index < -0.39 is 17.3 Å². The standard InChI is InChI=1S/C21H18FN5O2S2/c22-13-5-3-6-14(11-13)23-16(28)12-27-20(29)18-19(17(25-27)15-7-4-10-30-15)31-21(24-18)26-8-1-2-9-26/h3-7,10-11H,1-2,8-9,12H2,(H,23,28). The van der Waals surface area contributed by atoms with Crippen molar-refractivity contribution < 1.29 is 9.18 Å². The predicted molar refractivity (Wildman–Crippen MR) is 121 cm³/mol. The van der Waals surface area contributed by atoms with Gasteiger partial charge in [-0.25, -0.2) is 14.1 Å². The van der Waals surface area contributed by atoms with Gasteiger partial charge in [0.15, 0.2) is 10.6 Å². The van der Waals surface area contributed by atoms with E-state index >= 15 is 0 Å². The van der Waals surface area contributed by atoms with Gasteiger partial charge in [0, 0.05) is 18.8 Å². The van der Waals surface area contributed by atoms with E-state index in [-0.39, 0.29) is 6.54 Å². The molecule has 0 spiro atoms. The Labute approximate surface area is 184 Å². The summed E-state index contributed by atoms with van der Waals surface area (Å²) in [7, 11) is 0. The third kappa shape index (κ3) is 3.96. The number of fused-ring (bicyclic) bond motifs is 1. The fourth-order valence-corrected chi connectivity index (χ4v) is 5.46. The smallest absolute Gasteiger partial charge is 0.294 e. The topological polar surface area (TPSA) is 80.1 Å². The first-order valence-electron chi connectivity index (χ1n) is 9.84. The third-order valence-corrected chi connectivity index (χ3v) is 7.02. The second-order valence-corrected chi connectivity index (χ2v) is 9.14. The molecule has 7 nitrogen and oxygen atoms in total. The molecular formula is C21H18FN5O2S2. The van der Waals surface area contributed by atoms with Crippen LogP contribution in [0.1, 0.15) is 12.8 Å². The van der Waals surface area contributed by atoms with Crippen LogP contribution in [0.2, 0.25) is 0 Å². The Balaban J connectivity index is 1.54. The van der Waals surface area contributed by atoms with Gasteiger partial charge in [-0.3, -0.25) is 9.59 Å². The number of rotatable bonds is 5. The quantitative estimate of drug-likeness (QED) is 0.493. The number of amides is 1. The minimum absolute atomic E-state index is 0.291. The number of nitrogens with zero attached hydrogens (tertiary/aromatic N) is 4. The van der Waals surface area contributed by atoms with Crippen molar-refractivity contribution in [2.45, 2.75) is 19.4 Å². The highest BCUT2D eigenvalue weighted by Gasteiger charge is 2.23. The molecule has 0 saturated carbocycles. The monoisotopic (exact) mass is 455 g/mol. The summed E-state index contributed by atoms with van der Waals surface area (Å²) in [5, 5.41) is 9.88. The molecule has 1 aliphatic rings. The lowest BCUT2D eigenvalue weighted by atomic mass is 10.3. The van der Waals surface area contributed by atoms with Gasteiger partial charge in [0.05, 0.1) is 9.58 Å². The van der Waals surface area contributed by atoms with E-state index in [1.165, 1.54) is 40.9 Å². The summed E-state index contributed by atoms with van der Waals surface area (Å²) in [6.45, 7) is 1.55. The second kappa shape index (κ2) is 8.20. The lowest BCUT2D eigenvalue weighted by Crippen LogP contribution is -2.30. The van der Waals surface area contributed by atoms with E-state index in [1.54, 1.807) is 6.07 Å². The number of hydrogen-bond donors (Lipinski definition) is 1. The molecule has 3 aromatic heterocycles. The summed E-state index contributed by atoms with van der Waals surface area (Å²) >= 11 is 2.98. The summed E-state index contributed by atoms with van der Waals surface area (Å²) in [6, 6.07) is 9.46. The molecule has 1 fully saturated rings. The Morgan fingerprint density at radius 3 is 2.77 bits per heavy atom. The van der Waals surface area contributed by atoms with Gasteiger partial charge in [-0.15, -0.1) is 11.3 Å². The highest BCUT2D eigenvalue weighted by atomic mass is 32.1. The van der Waals surface area contributed by atoms with Gasteiger partial charge < -0.3 is 10.2 Å². The second-order valence-electron chi connectivity index (χ2n) is 7.22. The highest BCUT2D eigenvalue weighted by molar-refractivity contribution is 7.23. The maximum atomic E-state index is 13.4. The van der Waals surface area contributed by atoms with Crippen LogP contribution in [0.15, 0.2) is 46.6 Å².